The Kier molecular flexibility index (Phi) is 3.15. The second kappa shape index (κ2) is 4.44. The predicted molar refractivity (Wildman–Crippen MR) is 56.1 cm³/mol. The smallest absolute Gasteiger partial charge is 0.305 e. The fraction of sp³-hybridized carbons (Fsp3) is 0.727. The van der Waals surface area contributed by atoms with Gasteiger partial charge in [0, 0.05) is 0 Å². The average molecular weight is 241 g/mol. The highest BCUT2D eigenvalue weighted by Gasteiger charge is 2.48. The Morgan fingerprint density at radius 2 is 1.94 bits per heavy atom. The molecule has 2 aliphatic heterocycles. The molecule has 6 heteroatoms. The Labute approximate surface area is 98.5 Å². The zero-order chi connectivity index (χ0) is 12.6. The van der Waals surface area contributed by atoms with Gasteiger partial charge in [0.2, 0.25) is 0 Å². The minimum atomic E-state index is -1.00. The van der Waals surface area contributed by atoms with E-state index in [2.05, 4.69) is 0 Å². The van der Waals surface area contributed by atoms with Crippen LogP contribution in [0.1, 0.15) is 32.6 Å². The fourth-order valence-corrected chi connectivity index (χ4v) is 2.40. The molecule has 3 unspecified atom stereocenters. The van der Waals surface area contributed by atoms with E-state index in [-0.39, 0.29) is 18.2 Å². The molecule has 0 saturated carbocycles. The molecule has 2 fully saturated rings. The molecule has 2 rings (SSSR count). The number of imide groups is 1. The minimum Gasteiger partial charge on any atom is -0.481 e. The quantitative estimate of drug-likeness (QED) is 0.708. The van der Waals surface area contributed by atoms with Crippen molar-refractivity contribution >= 4 is 17.8 Å². The van der Waals surface area contributed by atoms with Gasteiger partial charge in [0.15, 0.2) is 0 Å². The van der Waals surface area contributed by atoms with Crippen molar-refractivity contribution < 1.29 is 24.2 Å². The highest BCUT2D eigenvalue weighted by Crippen LogP contribution is 2.30. The minimum absolute atomic E-state index is 0.201. The fourth-order valence-electron chi connectivity index (χ4n) is 2.40. The number of morpholine rings is 1. The summed E-state index contributed by atoms with van der Waals surface area (Å²) in [6.45, 7) is 1.77. The van der Waals surface area contributed by atoms with Gasteiger partial charge in [-0.15, -0.1) is 0 Å². The van der Waals surface area contributed by atoms with Crippen molar-refractivity contribution in [1.82, 2.24) is 4.90 Å². The van der Waals surface area contributed by atoms with Gasteiger partial charge in [-0.2, -0.15) is 0 Å². The van der Waals surface area contributed by atoms with Crippen molar-refractivity contribution in [2.24, 2.45) is 0 Å². The van der Waals surface area contributed by atoms with Crippen LogP contribution >= 0.6 is 0 Å². The topological polar surface area (TPSA) is 83.9 Å². The van der Waals surface area contributed by atoms with Crippen LogP contribution in [0.25, 0.3) is 0 Å². The largest absolute Gasteiger partial charge is 0.481 e. The zero-order valence-corrected chi connectivity index (χ0v) is 9.59. The molecule has 2 aliphatic rings. The van der Waals surface area contributed by atoms with Crippen LogP contribution in [0.4, 0.5) is 0 Å². The second-order valence-electron chi connectivity index (χ2n) is 4.40. The van der Waals surface area contributed by atoms with Crippen LogP contribution in [-0.4, -0.2) is 46.0 Å². The summed E-state index contributed by atoms with van der Waals surface area (Å²) in [6, 6.07) is -0.556. The van der Waals surface area contributed by atoms with E-state index >= 15 is 0 Å². The molecule has 0 spiro atoms. The molecule has 0 radical (unpaired) electrons. The maximum absolute atomic E-state index is 12.0. The van der Waals surface area contributed by atoms with E-state index in [0.717, 1.165) is 4.90 Å². The molecule has 0 aromatic rings. The van der Waals surface area contributed by atoms with Crippen molar-refractivity contribution in [3.63, 3.8) is 0 Å². The number of carboxylic acid groups (broad SMARTS) is 1. The van der Waals surface area contributed by atoms with Gasteiger partial charge < -0.3 is 9.84 Å². The van der Waals surface area contributed by atoms with Crippen LogP contribution in [0.3, 0.4) is 0 Å². The van der Waals surface area contributed by atoms with E-state index in [4.69, 9.17) is 9.84 Å². The number of carbonyl (C=O) groups excluding carboxylic acids is 2. The van der Waals surface area contributed by atoms with Gasteiger partial charge in [0.25, 0.3) is 11.8 Å². The lowest BCUT2D eigenvalue weighted by Crippen LogP contribution is -2.56. The van der Waals surface area contributed by atoms with Crippen LogP contribution in [0.5, 0.6) is 0 Å². The number of hydrogen-bond donors (Lipinski definition) is 1. The number of fused-ring (bicyclic) bond motifs is 2. The molecule has 2 amide bonds. The standard InChI is InChI=1S/C11H15NO5/c1-2-6(5-9(13)14)12-10(15)7-3-4-8(17-7)11(12)16/h6-8H,2-5H2,1H3,(H,13,14). The van der Waals surface area contributed by atoms with E-state index in [1.165, 1.54) is 0 Å². The molecule has 2 bridgehead atoms. The van der Waals surface area contributed by atoms with Gasteiger partial charge in [-0.3, -0.25) is 19.3 Å². The number of aliphatic carboxylic acids is 1. The lowest BCUT2D eigenvalue weighted by atomic mass is 10.1. The van der Waals surface area contributed by atoms with Gasteiger partial charge >= 0.3 is 5.97 Å². The summed E-state index contributed by atoms with van der Waals surface area (Å²) in [5.74, 6) is -1.76. The third-order valence-electron chi connectivity index (χ3n) is 3.29. The maximum atomic E-state index is 12.0. The van der Waals surface area contributed by atoms with Crippen molar-refractivity contribution in [3.05, 3.63) is 0 Å². The number of rotatable bonds is 4. The van der Waals surface area contributed by atoms with Gasteiger partial charge in [0.05, 0.1) is 12.5 Å². The molecule has 0 aromatic carbocycles. The number of nitrogens with zero attached hydrogens (tertiary/aromatic N) is 1. The Bertz CT molecular complexity index is 345. The number of carboxylic acids is 1. The molecule has 0 aromatic heterocycles. The monoisotopic (exact) mass is 241 g/mol. The van der Waals surface area contributed by atoms with Gasteiger partial charge in [0.1, 0.15) is 12.2 Å². The summed E-state index contributed by atoms with van der Waals surface area (Å²) >= 11 is 0. The molecular weight excluding hydrogens is 226 g/mol. The van der Waals surface area contributed by atoms with Gasteiger partial charge in [-0.05, 0) is 19.3 Å². The molecule has 2 saturated heterocycles. The first-order valence-electron chi connectivity index (χ1n) is 5.78. The summed E-state index contributed by atoms with van der Waals surface area (Å²) in [5, 5.41) is 8.79. The normalized spacial score (nSPS) is 29.6. The number of ether oxygens (including phenoxy) is 1. The molecule has 0 aliphatic carbocycles. The highest BCUT2D eigenvalue weighted by molar-refractivity contribution is 6.03. The molecule has 6 nitrogen and oxygen atoms in total. The summed E-state index contributed by atoms with van der Waals surface area (Å²) in [6.07, 6.45) is 0.238. The number of hydrogen-bond acceptors (Lipinski definition) is 4. The number of carbonyl (C=O) groups is 3. The predicted octanol–water partition coefficient (Wildman–Crippen LogP) is 0.156. The van der Waals surface area contributed by atoms with Crippen molar-refractivity contribution in [2.45, 2.75) is 50.9 Å². The SMILES string of the molecule is CCC(CC(=O)O)N1C(=O)C2CCC(O2)C1=O. The number of likely N-dealkylation sites (tertiary alicyclic amines) is 1. The van der Waals surface area contributed by atoms with E-state index in [9.17, 15) is 14.4 Å². The lowest BCUT2D eigenvalue weighted by molar-refractivity contribution is -0.172. The van der Waals surface area contributed by atoms with Crippen LogP contribution in [0, 0.1) is 0 Å². The molecule has 17 heavy (non-hydrogen) atoms. The van der Waals surface area contributed by atoms with Crippen LogP contribution in [0.15, 0.2) is 0 Å². The average Bonchev–Trinajstić information content (AvgIpc) is 2.71. The summed E-state index contributed by atoms with van der Waals surface area (Å²) in [5.41, 5.74) is 0. The zero-order valence-electron chi connectivity index (χ0n) is 9.59. The van der Waals surface area contributed by atoms with Crippen molar-refractivity contribution in [2.75, 3.05) is 0 Å². The van der Waals surface area contributed by atoms with E-state index in [1.807, 2.05) is 0 Å². The molecule has 3 atom stereocenters. The summed E-state index contributed by atoms with van der Waals surface area (Å²) < 4.78 is 5.26. The first-order chi connectivity index (χ1) is 8.04. The highest BCUT2D eigenvalue weighted by atomic mass is 16.5. The summed E-state index contributed by atoms with van der Waals surface area (Å²) in [7, 11) is 0. The first-order valence-corrected chi connectivity index (χ1v) is 5.78. The first kappa shape index (κ1) is 12.0. The molecule has 2 heterocycles. The Morgan fingerprint density at radius 1 is 1.41 bits per heavy atom. The van der Waals surface area contributed by atoms with Crippen LogP contribution in [-0.2, 0) is 19.1 Å². The Morgan fingerprint density at radius 3 is 2.35 bits per heavy atom. The van der Waals surface area contributed by atoms with Crippen LogP contribution in [0.2, 0.25) is 0 Å². The number of amides is 2. The lowest BCUT2D eigenvalue weighted by Gasteiger charge is -2.34. The van der Waals surface area contributed by atoms with E-state index in [1.54, 1.807) is 6.92 Å². The maximum Gasteiger partial charge on any atom is 0.305 e. The summed E-state index contributed by atoms with van der Waals surface area (Å²) in [4.78, 5) is 35.8. The van der Waals surface area contributed by atoms with Crippen molar-refractivity contribution in [3.8, 4) is 0 Å². The third-order valence-corrected chi connectivity index (χ3v) is 3.29. The molecule has 94 valence electrons. The Hall–Kier alpha value is -1.43. The molecular formula is C11H15NO5. The van der Waals surface area contributed by atoms with Gasteiger partial charge in [-0.1, -0.05) is 6.92 Å². The van der Waals surface area contributed by atoms with Gasteiger partial charge in [-0.25, -0.2) is 0 Å². The van der Waals surface area contributed by atoms with Crippen LogP contribution < -0.4 is 0 Å². The second-order valence-corrected chi connectivity index (χ2v) is 4.40. The van der Waals surface area contributed by atoms with Crippen molar-refractivity contribution in [1.29, 1.82) is 0 Å². The molecule has 1 N–H and O–H groups in total. The third kappa shape index (κ3) is 2.04. The Balaban J connectivity index is 2.20. The van der Waals surface area contributed by atoms with E-state index < -0.39 is 24.2 Å². The van der Waals surface area contributed by atoms with E-state index in [0.29, 0.717) is 19.3 Å².